The molecule has 1 rings (SSSR count). The standard InChI is InChI=1S/C9H10O3.C3H7NO2/c1-2-11-9(10)12-8-6-4-3-5-7-8;1-2-6-4-3-5/h3-7H,2H2,1H3;3H,2H2,1H3,(H,4,5). The summed E-state index contributed by atoms with van der Waals surface area (Å²) in [7, 11) is 0. The quantitative estimate of drug-likeness (QED) is 0.286. The van der Waals surface area contributed by atoms with Gasteiger partial charge in [0.2, 0.25) is 6.41 Å². The molecule has 0 unspecified atom stereocenters. The lowest BCUT2D eigenvalue weighted by atomic mass is 10.3. The van der Waals surface area contributed by atoms with Crippen LogP contribution in [0.4, 0.5) is 4.79 Å². The van der Waals surface area contributed by atoms with Crippen molar-refractivity contribution < 1.29 is 23.9 Å². The number of carbonyl (C=O) groups is 2. The Bertz CT molecular complexity index is 328. The van der Waals surface area contributed by atoms with E-state index >= 15 is 0 Å². The summed E-state index contributed by atoms with van der Waals surface area (Å²) in [5.74, 6) is 0.496. The summed E-state index contributed by atoms with van der Waals surface area (Å²) in [6.45, 7) is 4.35. The Kier molecular flexibility index (Phi) is 10.1. The van der Waals surface area contributed by atoms with Crippen LogP contribution in [0.25, 0.3) is 0 Å². The molecule has 0 saturated heterocycles. The van der Waals surface area contributed by atoms with Crippen LogP contribution in [-0.4, -0.2) is 25.8 Å². The molecule has 1 aromatic rings. The number of rotatable bonds is 5. The van der Waals surface area contributed by atoms with Crippen LogP contribution in [0.1, 0.15) is 13.8 Å². The molecule has 0 aliphatic heterocycles. The zero-order valence-corrected chi connectivity index (χ0v) is 10.4. The van der Waals surface area contributed by atoms with Gasteiger partial charge < -0.3 is 9.47 Å². The van der Waals surface area contributed by atoms with E-state index in [9.17, 15) is 9.59 Å². The number of nitrogens with one attached hydrogen (secondary N) is 1. The molecule has 18 heavy (non-hydrogen) atoms. The summed E-state index contributed by atoms with van der Waals surface area (Å²) in [6.07, 6.45) is -0.174. The summed E-state index contributed by atoms with van der Waals surface area (Å²) in [5, 5.41) is 0. The van der Waals surface area contributed by atoms with Crippen molar-refractivity contribution >= 4 is 12.6 Å². The Balaban J connectivity index is 0.000000411. The van der Waals surface area contributed by atoms with Crippen molar-refractivity contribution in [2.45, 2.75) is 13.8 Å². The number of carbonyl (C=O) groups excluding carboxylic acids is 2. The number of benzene rings is 1. The van der Waals surface area contributed by atoms with E-state index in [4.69, 9.17) is 4.74 Å². The van der Waals surface area contributed by atoms with E-state index in [1.807, 2.05) is 11.5 Å². The molecule has 1 N–H and O–H groups in total. The maximum Gasteiger partial charge on any atom is 0.513 e. The first-order valence-corrected chi connectivity index (χ1v) is 5.45. The van der Waals surface area contributed by atoms with E-state index in [1.165, 1.54) is 0 Å². The molecule has 0 aliphatic carbocycles. The lowest BCUT2D eigenvalue weighted by Gasteiger charge is -2.02. The number of para-hydroxylation sites is 1. The highest BCUT2D eigenvalue weighted by Gasteiger charge is 2.02. The first kappa shape index (κ1) is 15.9. The molecule has 0 atom stereocenters. The number of hydrogen-bond acceptors (Lipinski definition) is 5. The second kappa shape index (κ2) is 11.4. The van der Waals surface area contributed by atoms with E-state index in [1.54, 1.807) is 38.1 Å². The highest BCUT2D eigenvalue weighted by atomic mass is 16.7. The maximum atomic E-state index is 10.8. The highest BCUT2D eigenvalue weighted by molar-refractivity contribution is 5.63. The summed E-state index contributed by atoms with van der Waals surface area (Å²) < 4.78 is 9.38. The van der Waals surface area contributed by atoms with E-state index in [2.05, 4.69) is 9.57 Å². The van der Waals surface area contributed by atoms with Crippen molar-refractivity contribution in [3.8, 4) is 5.75 Å². The molecule has 0 radical (unpaired) electrons. The van der Waals surface area contributed by atoms with E-state index in [0.717, 1.165) is 0 Å². The Morgan fingerprint density at radius 2 is 1.89 bits per heavy atom. The third-order valence-electron chi connectivity index (χ3n) is 1.48. The molecule has 6 heteroatoms. The van der Waals surface area contributed by atoms with Gasteiger partial charge in [-0.15, -0.1) is 0 Å². The minimum atomic E-state index is -0.663. The number of ether oxygens (including phenoxy) is 2. The van der Waals surface area contributed by atoms with Crippen LogP contribution < -0.4 is 10.2 Å². The molecular weight excluding hydrogens is 238 g/mol. The van der Waals surface area contributed by atoms with Crippen LogP contribution >= 0.6 is 0 Å². The summed E-state index contributed by atoms with van der Waals surface area (Å²) in [6, 6.07) is 8.80. The second-order valence-electron chi connectivity index (χ2n) is 2.77. The van der Waals surface area contributed by atoms with Crippen molar-refractivity contribution in [2.75, 3.05) is 13.2 Å². The van der Waals surface area contributed by atoms with E-state index in [0.29, 0.717) is 25.4 Å². The van der Waals surface area contributed by atoms with E-state index in [-0.39, 0.29) is 0 Å². The predicted octanol–water partition coefficient (Wildman–Crippen LogP) is 1.91. The molecular formula is C12H17NO5. The first-order chi connectivity index (χ1) is 8.74. The third kappa shape index (κ3) is 9.17. The lowest BCUT2D eigenvalue weighted by Crippen LogP contribution is -2.10. The molecule has 0 heterocycles. The average Bonchev–Trinajstić information content (AvgIpc) is 2.38. The second-order valence-corrected chi connectivity index (χ2v) is 2.77. The van der Waals surface area contributed by atoms with Crippen LogP contribution in [0.2, 0.25) is 0 Å². The van der Waals surface area contributed by atoms with Crippen LogP contribution in [-0.2, 0) is 14.4 Å². The van der Waals surface area contributed by atoms with Crippen LogP contribution in [0.3, 0.4) is 0 Å². The van der Waals surface area contributed by atoms with Gasteiger partial charge in [0.1, 0.15) is 5.75 Å². The van der Waals surface area contributed by atoms with Crippen molar-refractivity contribution in [1.29, 1.82) is 0 Å². The zero-order valence-electron chi connectivity index (χ0n) is 10.4. The highest BCUT2D eigenvalue weighted by Crippen LogP contribution is 2.08. The van der Waals surface area contributed by atoms with Crippen LogP contribution in [0.5, 0.6) is 5.75 Å². The van der Waals surface area contributed by atoms with Crippen LogP contribution in [0, 0.1) is 0 Å². The van der Waals surface area contributed by atoms with Gasteiger partial charge in [-0.2, -0.15) is 0 Å². The fourth-order valence-electron chi connectivity index (χ4n) is 0.849. The first-order valence-electron chi connectivity index (χ1n) is 5.45. The fourth-order valence-corrected chi connectivity index (χ4v) is 0.849. The predicted molar refractivity (Wildman–Crippen MR) is 64.9 cm³/mol. The van der Waals surface area contributed by atoms with Gasteiger partial charge in [0.05, 0.1) is 13.2 Å². The Morgan fingerprint density at radius 3 is 2.33 bits per heavy atom. The SMILES string of the molecule is CCOC(=O)Oc1ccccc1.CCONC=O. The molecule has 0 fully saturated rings. The van der Waals surface area contributed by atoms with Gasteiger partial charge in [-0.3, -0.25) is 9.63 Å². The zero-order chi connectivity index (χ0) is 13.6. The minimum absolute atomic E-state index is 0.325. The average molecular weight is 255 g/mol. The van der Waals surface area contributed by atoms with Gasteiger partial charge in [-0.05, 0) is 26.0 Å². The largest absolute Gasteiger partial charge is 0.513 e. The van der Waals surface area contributed by atoms with Crippen molar-refractivity contribution in [3.63, 3.8) is 0 Å². The maximum absolute atomic E-state index is 10.8. The smallest absolute Gasteiger partial charge is 0.434 e. The number of hydroxylamine groups is 1. The summed E-state index contributed by atoms with van der Waals surface area (Å²) in [4.78, 5) is 24.5. The summed E-state index contributed by atoms with van der Waals surface area (Å²) >= 11 is 0. The van der Waals surface area contributed by atoms with Gasteiger partial charge in [0, 0.05) is 0 Å². The molecule has 100 valence electrons. The molecule has 1 aromatic carbocycles. The fraction of sp³-hybridized carbons (Fsp3) is 0.333. The van der Waals surface area contributed by atoms with Gasteiger partial charge >= 0.3 is 6.16 Å². The molecule has 0 saturated carbocycles. The van der Waals surface area contributed by atoms with Crippen LogP contribution in [0.15, 0.2) is 30.3 Å². The molecule has 0 aromatic heterocycles. The van der Waals surface area contributed by atoms with E-state index < -0.39 is 6.16 Å². The normalized spacial score (nSPS) is 8.56. The Hall–Kier alpha value is -2.08. The monoisotopic (exact) mass is 255 g/mol. The molecule has 0 bridgehead atoms. The minimum Gasteiger partial charge on any atom is -0.434 e. The Labute approximate surface area is 106 Å². The molecule has 1 amide bonds. The molecule has 6 nitrogen and oxygen atoms in total. The van der Waals surface area contributed by atoms with Gasteiger partial charge in [-0.25, -0.2) is 10.3 Å². The number of amides is 1. The summed E-state index contributed by atoms with van der Waals surface area (Å²) in [5.41, 5.74) is 2.02. The third-order valence-corrected chi connectivity index (χ3v) is 1.48. The molecule has 0 spiro atoms. The van der Waals surface area contributed by atoms with Crippen molar-refractivity contribution in [3.05, 3.63) is 30.3 Å². The van der Waals surface area contributed by atoms with Crippen molar-refractivity contribution in [2.24, 2.45) is 0 Å². The van der Waals surface area contributed by atoms with Crippen molar-refractivity contribution in [1.82, 2.24) is 5.48 Å². The topological polar surface area (TPSA) is 73.9 Å². The van der Waals surface area contributed by atoms with Gasteiger partial charge in [-0.1, -0.05) is 18.2 Å². The lowest BCUT2D eigenvalue weighted by molar-refractivity contribution is -0.120. The van der Waals surface area contributed by atoms with Gasteiger partial charge in [0.25, 0.3) is 0 Å². The number of hydrogen-bond donors (Lipinski definition) is 1. The molecule has 0 aliphatic rings. The van der Waals surface area contributed by atoms with Gasteiger partial charge in [0.15, 0.2) is 0 Å². The Morgan fingerprint density at radius 1 is 1.22 bits per heavy atom.